The second-order valence-corrected chi connectivity index (χ2v) is 14.6. The van der Waals surface area contributed by atoms with E-state index in [9.17, 15) is 29.1 Å². The molecule has 23 heteroatoms. The first-order valence-corrected chi connectivity index (χ1v) is 21.4. The van der Waals surface area contributed by atoms with Crippen LogP contribution in [0.5, 0.6) is 0 Å². The number of hydrogen-bond donors (Lipinski definition) is 2. The van der Waals surface area contributed by atoms with Gasteiger partial charge in [-0.15, -0.1) is 0 Å². The van der Waals surface area contributed by atoms with Crippen molar-refractivity contribution in [2.75, 3.05) is 200 Å². The fraction of sp³-hybridized carbons (Fsp3) is 0.878. The van der Waals surface area contributed by atoms with Crippen LogP contribution >= 0.6 is 0 Å². The van der Waals surface area contributed by atoms with Gasteiger partial charge in [0.2, 0.25) is 17.7 Å². The van der Waals surface area contributed by atoms with E-state index in [-0.39, 0.29) is 79.0 Å². The number of nitrogens with one attached hydrogen (secondary N) is 1. The lowest BCUT2D eigenvalue weighted by atomic mass is 10.1. The molecule has 0 saturated heterocycles. The van der Waals surface area contributed by atoms with E-state index < -0.39 is 60.9 Å². The van der Waals surface area contributed by atoms with Crippen molar-refractivity contribution >= 4 is 29.8 Å². The highest BCUT2D eigenvalue weighted by Gasteiger charge is 2.31. The van der Waals surface area contributed by atoms with Crippen molar-refractivity contribution < 1.29 is 90.7 Å². The smallest absolute Gasteiger partial charge is 0.408 e. The summed E-state index contributed by atoms with van der Waals surface area (Å²) in [6.07, 6.45) is -1.86. The van der Waals surface area contributed by atoms with Gasteiger partial charge in [-0.1, -0.05) is 0 Å². The highest BCUT2D eigenvalue weighted by molar-refractivity contribution is 5.92. The third-order valence-electron chi connectivity index (χ3n) is 8.32. The minimum atomic E-state index is -1.75. The molecule has 0 spiro atoms. The van der Waals surface area contributed by atoms with Gasteiger partial charge in [0.25, 0.3) is 0 Å². The van der Waals surface area contributed by atoms with E-state index in [1.165, 1.54) is 9.80 Å². The summed E-state index contributed by atoms with van der Waals surface area (Å²) in [5.74, 6) is -3.58. The Kier molecular flexibility index (Phi) is 39.0. The SMILES string of the molecule is COCCOCCOCCN(CCOCCOCCOC)C(=O)CN(CC(=O)N(CCOCCOCCOC)CCOCCOCCOC)C(=O)C[C@H](NC(=O)OC(C)(C)C)C(=O)O. The number of hydrogen-bond acceptors (Lipinski definition) is 18. The Morgan fingerprint density at radius 3 is 0.984 bits per heavy atom. The highest BCUT2D eigenvalue weighted by atomic mass is 16.6. The van der Waals surface area contributed by atoms with Gasteiger partial charge >= 0.3 is 12.1 Å². The van der Waals surface area contributed by atoms with Crippen molar-refractivity contribution in [2.45, 2.75) is 38.8 Å². The maximum atomic E-state index is 14.0. The zero-order valence-electron chi connectivity index (χ0n) is 39.3. The molecule has 0 aliphatic rings. The van der Waals surface area contributed by atoms with Gasteiger partial charge in [-0.25, -0.2) is 9.59 Å². The topological polar surface area (TPSA) is 247 Å². The van der Waals surface area contributed by atoms with Crippen LogP contribution in [0.25, 0.3) is 0 Å². The number of carbonyl (C=O) groups excluding carboxylic acids is 4. The van der Waals surface area contributed by atoms with Gasteiger partial charge in [0.1, 0.15) is 24.7 Å². The summed E-state index contributed by atoms with van der Waals surface area (Å²) < 4.78 is 69.6. The number of alkyl carbamates (subject to hydrolysis) is 1. The van der Waals surface area contributed by atoms with Crippen molar-refractivity contribution in [3.8, 4) is 0 Å². The predicted molar refractivity (Wildman–Crippen MR) is 229 cm³/mol. The highest BCUT2D eigenvalue weighted by Crippen LogP contribution is 2.09. The van der Waals surface area contributed by atoms with E-state index >= 15 is 0 Å². The molecule has 1 atom stereocenters. The number of carboxylic acids is 1. The maximum Gasteiger partial charge on any atom is 0.408 e. The van der Waals surface area contributed by atoms with E-state index in [2.05, 4.69) is 5.32 Å². The zero-order chi connectivity index (χ0) is 47.7. The van der Waals surface area contributed by atoms with Crippen molar-refractivity contribution in [3.63, 3.8) is 0 Å². The van der Waals surface area contributed by atoms with Crippen LogP contribution in [0.2, 0.25) is 0 Å². The van der Waals surface area contributed by atoms with Crippen LogP contribution in [-0.2, 0) is 80.8 Å². The van der Waals surface area contributed by atoms with Crippen molar-refractivity contribution in [2.24, 2.45) is 0 Å². The average molecular weight is 931 g/mol. The molecular formula is C41H78N4O19. The summed E-state index contributed by atoms with van der Waals surface area (Å²) in [5.41, 5.74) is -0.960. The molecule has 0 rings (SSSR count). The molecule has 376 valence electrons. The van der Waals surface area contributed by atoms with Gasteiger partial charge in [0.15, 0.2) is 0 Å². The van der Waals surface area contributed by atoms with E-state index in [1.807, 2.05) is 0 Å². The zero-order valence-corrected chi connectivity index (χ0v) is 39.3. The Morgan fingerprint density at radius 2 is 0.719 bits per heavy atom. The largest absolute Gasteiger partial charge is 0.480 e. The van der Waals surface area contributed by atoms with Crippen LogP contribution in [0.3, 0.4) is 0 Å². The first kappa shape index (κ1) is 60.7. The maximum absolute atomic E-state index is 14.0. The molecule has 64 heavy (non-hydrogen) atoms. The Labute approximate surface area is 378 Å². The molecule has 0 aromatic heterocycles. The van der Waals surface area contributed by atoms with Crippen molar-refractivity contribution in [3.05, 3.63) is 0 Å². The monoisotopic (exact) mass is 931 g/mol. The molecule has 4 amide bonds. The minimum absolute atomic E-state index is 0.0870. The van der Waals surface area contributed by atoms with Crippen LogP contribution in [-0.4, -0.2) is 261 Å². The average Bonchev–Trinajstić information content (AvgIpc) is 3.24. The minimum Gasteiger partial charge on any atom is -0.480 e. The molecule has 0 heterocycles. The van der Waals surface area contributed by atoms with Gasteiger partial charge < -0.3 is 86.7 Å². The molecule has 0 bridgehead atoms. The van der Waals surface area contributed by atoms with E-state index in [1.54, 1.807) is 49.2 Å². The lowest BCUT2D eigenvalue weighted by molar-refractivity contribution is -0.148. The van der Waals surface area contributed by atoms with Crippen LogP contribution in [0.4, 0.5) is 4.79 Å². The summed E-state index contributed by atoms with van der Waals surface area (Å²) >= 11 is 0. The summed E-state index contributed by atoms with van der Waals surface area (Å²) in [6, 6.07) is -1.75. The van der Waals surface area contributed by atoms with Crippen LogP contribution in [0.1, 0.15) is 27.2 Å². The molecule has 0 aliphatic carbocycles. The molecule has 0 aromatic rings. The lowest BCUT2D eigenvalue weighted by Crippen LogP contribution is -2.52. The predicted octanol–water partition coefficient (Wildman–Crippen LogP) is -0.441. The van der Waals surface area contributed by atoms with Gasteiger partial charge in [0, 0.05) is 54.6 Å². The molecular weight excluding hydrogens is 852 g/mol. The van der Waals surface area contributed by atoms with E-state index in [0.717, 1.165) is 4.90 Å². The molecule has 0 fully saturated rings. The molecule has 0 aliphatic heterocycles. The third kappa shape index (κ3) is 36.0. The Hall–Kier alpha value is -3.33. The number of nitrogens with zero attached hydrogens (tertiary/aromatic N) is 3. The molecule has 0 radical (unpaired) electrons. The molecule has 0 unspecified atom stereocenters. The second kappa shape index (κ2) is 41.1. The first-order chi connectivity index (χ1) is 30.8. The Morgan fingerprint density at radius 1 is 0.438 bits per heavy atom. The number of methoxy groups -OCH3 is 4. The normalized spacial score (nSPS) is 11.9. The third-order valence-corrected chi connectivity index (χ3v) is 8.32. The van der Waals surface area contributed by atoms with Crippen LogP contribution < -0.4 is 5.32 Å². The number of carboxylic acid groups (broad SMARTS) is 1. The molecule has 0 aromatic carbocycles. The number of ether oxygens (including phenoxy) is 13. The van der Waals surface area contributed by atoms with E-state index in [4.69, 9.17) is 61.6 Å². The van der Waals surface area contributed by atoms with Crippen LogP contribution in [0.15, 0.2) is 0 Å². The lowest BCUT2D eigenvalue weighted by Gasteiger charge is -2.30. The first-order valence-electron chi connectivity index (χ1n) is 21.4. The Bertz CT molecular complexity index is 1100. The Balaban J connectivity index is 6.26. The standard InChI is InChI=1S/C41H78N4O19/c1-41(2,3)64-40(51)42-35(39(49)50)32-36(46)45(33-37(47)43(8-12-56-24-28-60-20-16-52-4)9-13-57-25-29-61-21-17-53-5)34-38(48)44(10-14-58-26-30-62-22-18-54-6)11-15-59-27-31-63-23-19-55-7/h35H,8-34H2,1-7H3,(H,42,51)(H,49,50)/t35-/m0/s1. The summed E-state index contributed by atoms with van der Waals surface area (Å²) in [4.78, 5) is 70.8. The summed E-state index contributed by atoms with van der Waals surface area (Å²) in [6.45, 7) is 9.75. The fourth-order valence-corrected chi connectivity index (χ4v) is 4.99. The molecule has 23 nitrogen and oxygen atoms in total. The van der Waals surface area contributed by atoms with Crippen molar-refractivity contribution in [1.29, 1.82) is 0 Å². The van der Waals surface area contributed by atoms with Crippen molar-refractivity contribution in [1.82, 2.24) is 20.0 Å². The van der Waals surface area contributed by atoms with Gasteiger partial charge in [-0.2, -0.15) is 0 Å². The molecule has 0 saturated carbocycles. The number of rotatable bonds is 44. The quantitative estimate of drug-likeness (QED) is 0.0736. The van der Waals surface area contributed by atoms with Gasteiger partial charge in [-0.3, -0.25) is 14.4 Å². The number of carbonyl (C=O) groups is 5. The van der Waals surface area contributed by atoms with E-state index in [0.29, 0.717) is 79.3 Å². The van der Waals surface area contributed by atoms with Crippen LogP contribution in [0, 0.1) is 0 Å². The second-order valence-electron chi connectivity index (χ2n) is 14.6. The molecule has 2 N–H and O–H groups in total. The fourth-order valence-electron chi connectivity index (χ4n) is 4.99. The summed E-state index contributed by atoms with van der Waals surface area (Å²) in [7, 11) is 6.26. The number of amides is 4. The van der Waals surface area contributed by atoms with Gasteiger partial charge in [0.05, 0.1) is 139 Å². The number of aliphatic carboxylic acids is 1. The summed E-state index contributed by atoms with van der Waals surface area (Å²) in [5, 5.41) is 12.2. The van der Waals surface area contributed by atoms with Gasteiger partial charge in [-0.05, 0) is 20.8 Å².